The third-order valence-corrected chi connectivity index (χ3v) is 3.82. The van der Waals surface area contributed by atoms with E-state index < -0.39 is 0 Å². The molecule has 2 rings (SSSR count). The molecule has 0 bridgehead atoms. The van der Waals surface area contributed by atoms with Crippen molar-refractivity contribution in [1.82, 2.24) is 0 Å². The van der Waals surface area contributed by atoms with Crippen LogP contribution in [0.3, 0.4) is 0 Å². The van der Waals surface area contributed by atoms with Crippen molar-refractivity contribution < 1.29 is 9.84 Å². The second-order valence-electron chi connectivity index (χ2n) is 5.29. The lowest BCUT2D eigenvalue weighted by Gasteiger charge is -2.43. The van der Waals surface area contributed by atoms with Crippen molar-refractivity contribution in [3.63, 3.8) is 0 Å². The van der Waals surface area contributed by atoms with Gasteiger partial charge >= 0.3 is 0 Å². The summed E-state index contributed by atoms with van der Waals surface area (Å²) < 4.78 is 5.73. The van der Waals surface area contributed by atoms with E-state index in [1.165, 1.54) is 5.56 Å². The van der Waals surface area contributed by atoms with E-state index in [1.54, 1.807) is 6.07 Å². The summed E-state index contributed by atoms with van der Waals surface area (Å²) in [5, 5.41) is 9.60. The minimum absolute atomic E-state index is 0. The van der Waals surface area contributed by atoms with Gasteiger partial charge in [0.15, 0.2) is 0 Å². The molecule has 102 valence electrons. The normalized spacial score (nSPS) is 25.1. The molecule has 0 aromatic heterocycles. The zero-order chi connectivity index (χ0) is 12.6. The monoisotopic (exact) mass is 271 g/mol. The predicted octanol–water partition coefficient (Wildman–Crippen LogP) is 2.38. The lowest BCUT2D eigenvalue weighted by molar-refractivity contribution is 0.0201. The Hall–Kier alpha value is -0.770. The molecular formula is C14H22ClNO2. The molecule has 3 nitrogen and oxygen atoms in total. The van der Waals surface area contributed by atoms with Gasteiger partial charge in [0.25, 0.3) is 0 Å². The van der Waals surface area contributed by atoms with Crippen LogP contribution in [0.15, 0.2) is 18.2 Å². The maximum atomic E-state index is 9.60. The summed E-state index contributed by atoms with van der Waals surface area (Å²) >= 11 is 0. The van der Waals surface area contributed by atoms with Crippen LogP contribution in [-0.2, 0) is 16.6 Å². The Bertz CT molecular complexity index is 420. The van der Waals surface area contributed by atoms with Crippen molar-refractivity contribution in [3.05, 3.63) is 29.3 Å². The summed E-state index contributed by atoms with van der Waals surface area (Å²) in [4.78, 5) is 0. The van der Waals surface area contributed by atoms with Crippen LogP contribution < -0.4 is 5.73 Å². The van der Waals surface area contributed by atoms with Crippen LogP contribution in [0.2, 0.25) is 0 Å². The van der Waals surface area contributed by atoms with Gasteiger partial charge in [0.1, 0.15) is 5.75 Å². The number of rotatable bonds is 2. The molecule has 4 heteroatoms. The highest BCUT2D eigenvalue weighted by Gasteiger charge is 2.40. The van der Waals surface area contributed by atoms with Crippen LogP contribution >= 0.6 is 12.4 Å². The second-order valence-corrected chi connectivity index (χ2v) is 5.29. The highest BCUT2D eigenvalue weighted by atomic mass is 35.5. The number of halogens is 1. The van der Waals surface area contributed by atoms with Crippen molar-refractivity contribution >= 4 is 12.4 Å². The molecule has 2 atom stereocenters. The van der Waals surface area contributed by atoms with Gasteiger partial charge in [0, 0.05) is 24.5 Å². The van der Waals surface area contributed by atoms with Crippen LogP contribution in [0, 0.1) is 0 Å². The van der Waals surface area contributed by atoms with Crippen LogP contribution in [0.25, 0.3) is 0 Å². The van der Waals surface area contributed by atoms with E-state index in [9.17, 15) is 5.11 Å². The molecule has 0 spiro atoms. The largest absolute Gasteiger partial charge is 0.508 e. The van der Waals surface area contributed by atoms with Crippen molar-refractivity contribution in [1.29, 1.82) is 0 Å². The van der Waals surface area contributed by atoms with Crippen LogP contribution in [-0.4, -0.2) is 23.9 Å². The quantitative estimate of drug-likeness (QED) is 0.868. The second kappa shape index (κ2) is 5.47. The topological polar surface area (TPSA) is 55.5 Å². The summed E-state index contributed by atoms with van der Waals surface area (Å²) in [6, 6.07) is 5.49. The van der Waals surface area contributed by atoms with E-state index in [0.717, 1.165) is 12.0 Å². The smallest absolute Gasteiger partial charge is 0.115 e. The maximum Gasteiger partial charge on any atom is 0.115 e. The number of aromatic hydroxyl groups is 1. The van der Waals surface area contributed by atoms with E-state index in [4.69, 9.17) is 10.5 Å². The lowest BCUT2D eigenvalue weighted by atomic mass is 9.68. The molecule has 0 unspecified atom stereocenters. The van der Waals surface area contributed by atoms with E-state index in [-0.39, 0.29) is 30.0 Å². The Kier molecular flexibility index (Phi) is 4.65. The van der Waals surface area contributed by atoms with Crippen molar-refractivity contribution in [3.8, 4) is 5.75 Å². The van der Waals surface area contributed by atoms with Gasteiger partial charge in [-0.1, -0.05) is 19.9 Å². The molecule has 1 aromatic rings. The van der Waals surface area contributed by atoms with Crippen molar-refractivity contribution in [2.45, 2.75) is 44.8 Å². The van der Waals surface area contributed by atoms with Crippen LogP contribution in [0.5, 0.6) is 5.75 Å². The average molecular weight is 272 g/mol. The van der Waals surface area contributed by atoms with E-state index >= 15 is 0 Å². The molecule has 1 aliphatic rings. The van der Waals surface area contributed by atoms with Crippen molar-refractivity contribution in [2.75, 3.05) is 6.61 Å². The van der Waals surface area contributed by atoms with Crippen molar-refractivity contribution in [2.24, 2.45) is 5.73 Å². The zero-order valence-electron chi connectivity index (χ0n) is 11.1. The fourth-order valence-electron chi connectivity index (χ4n) is 2.71. The number of phenols is 1. The summed E-state index contributed by atoms with van der Waals surface area (Å²) in [7, 11) is 0. The first kappa shape index (κ1) is 15.3. The number of hydrogen-bond donors (Lipinski definition) is 2. The van der Waals surface area contributed by atoms with Crippen LogP contribution in [0.4, 0.5) is 0 Å². The molecule has 18 heavy (non-hydrogen) atoms. The summed E-state index contributed by atoms with van der Waals surface area (Å²) in [6.07, 6.45) is 0.890. The fraction of sp³-hybridized carbons (Fsp3) is 0.571. The predicted molar refractivity (Wildman–Crippen MR) is 75.5 cm³/mol. The molecule has 0 radical (unpaired) electrons. The average Bonchev–Trinajstić information content (AvgIpc) is 2.28. The molecule has 0 fully saturated rings. The molecular weight excluding hydrogens is 250 g/mol. The van der Waals surface area contributed by atoms with Gasteiger partial charge in [0.2, 0.25) is 0 Å². The molecule has 0 saturated carbocycles. The van der Waals surface area contributed by atoms with Gasteiger partial charge in [-0.2, -0.15) is 0 Å². The van der Waals surface area contributed by atoms with E-state index in [1.807, 2.05) is 19.1 Å². The third kappa shape index (κ3) is 2.48. The first-order chi connectivity index (χ1) is 7.96. The summed E-state index contributed by atoms with van der Waals surface area (Å²) in [6.45, 7) is 6.90. The first-order valence-electron chi connectivity index (χ1n) is 6.16. The first-order valence-corrected chi connectivity index (χ1v) is 6.16. The zero-order valence-corrected chi connectivity index (χ0v) is 12.0. The number of hydrogen-bond acceptors (Lipinski definition) is 3. The van der Waals surface area contributed by atoms with E-state index in [2.05, 4.69) is 13.8 Å². The number of benzene rings is 1. The fourth-order valence-corrected chi connectivity index (χ4v) is 2.71. The van der Waals surface area contributed by atoms with Gasteiger partial charge < -0.3 is 15.6 Å². The van der Waals surface area contributed by atoms with Gasteiger partial charge in [-0.25, -0.2) is 0 Å². The molecule has 0 saturated heterocycles. The molecule has 0 heterocycles. The third-order valence-electron chi connectivity index (χ3n) is 3.82. The van der Waals surface area contributed by atoms with Gasteiger partial charge in [-0.3, -0.25) is 0 Å². The van der Waals surface area contributed by atoms with Gasteiger partial charge in [0.05, 0.1) is 6.10 Å². The lowest BCUT2D eigenvalue weighted by Crippen LogP contribution is -2.54. The Morgan fingerprint density at radius 1 is 1.44 bits per heavy atom. The highest BCUT2D eigenvalue weighted by Crippen LogP contribution is 2.38. The maximum absolute atomic E-state index is 9.60. The molecule has 1 aromatic carbocycles. The van der Waals surface area contributed by atoms with Gasteiger partial charge in [-0.15, -0.1) is 12.4 Å². The highest BCUT2D eigenvalue weighted by molar-refractivity contribution is 5.85. The molecule has 1 aliphatic carbocycles. The van der Waals surface area contributed by atoms with Crippen LogP contribution in [0.1, 0.15) is 31.9 Å². The Morgan fingerprint density at radius 2 is 2.11 bits per heavy atom. The van der Waals surface area contributed by atoms with E-state index in [0.29, 0.717) is 12.4 Å². The molecule has 0 aliphatic heterocycles. The SMILES string of the molecule is CCO[C@H]1Cc2ccc(O)cc2C(C)(C)[C@@H]1N.Cl. The Morgan fingerprint density at radius 3 is 2.72 bits per heavy atom. The number of phenolic OH excluding ortho intramolecular Hbond substituents is 1. The Labute approximate surface area is 115 Å². The number of fused-ring (bicyclic) bond motifs is 1. The minimum Gasteiger partial charge on any atom is -0.508 e. The number of nitrogens with two attached hydrogens (primary N) is 1. The summed E-state index contributed by atoms with van der Waals surface area (Å²) in [5.41, 5.74) is 8.50. The molecule has 0 amide bonds. The minimum atomic E-state index is -0.174. The number of ether oxygens (including phenoxy) is 1. The van der Waals surface area contributed by atoms with Gasteiger partial charge in [-0.05, 0) is 30.2 Å². The summed E-state index contributed by atoms with van der Waals surface area (Å²) in [5.74, 6) is 0.305. The Balaban J connectivity index is 0.00000162. The standard InChI is InChI=1S/C14H21NO2.ClH/c1-4-17-12-7-9-5-6-10(16)8-11(9)14(2,3)13(12)15;/h5-6,8,12-13,16H,4,7,15H2,1-3H3;1H/t12-,13+;/m0./s1. The molecule has 3 N–H and O–H groups in total.